The standard InChI is InChI=1S/C8H14O10P2/c9-7(17-19(11,12)13)5-3-1-2-4-6(5)8(10)18-20(14,15)16/h5-6H,1-4H2,(H2,11,12,13)(H2,14,15,16). The number of phosphoric acid groups is 2. The number of hydrogen-bond acceptors (Lipinski definition) is 6. The molecule has 4 N–H and O–H groups in total. The third-order valence-electron chi connectivity index (χ3n) is 2.79. The van der Waals surface area contributed by atoms with E-state index in [-0.39, 0.29) is 12.8 Å². The zero-order valence-corrected chi connectivity index (χ0v) is 11.9. The summed E-state index contributed by atoms with van der Waals surface area (Å²) in [6, 6.07) is 0. The van der Waals surface area contributed by atoms with Crippen LogP contribution < -0.4 is 0 Å². The van der Waals surface area contributed by atoms with Crippen LogP contribution in [0.1, 0.15) is 25.7 Å². The Hall–Kier alpha value is -0.760. The molecule has 0 radical (unpaired) electrons. The van der Waals surface area contributed by atoms with E-state index in [1.54, 1.807) is 0 Å². The molecule has 0 spiro atoms. The highest BCUT2D eigenvalue weighted by molar-refractivity contribution is 7.47. The first-order chi connectivity index (χ1) is 8.99. The van der Waals surface area contributed by atoms with E-state index in [0.717, 1.165) is 0 Å². The molecule has 12 heteroatoms. The van der Waals surface area contributed by atoms with Gasteiger partial charge >= 0.3 is 27.6 Å². The zero-order chi connectivity index (χ0) is 15.6. The van der Waals surface area contributed by atoms with Crippen molar-refractivity contribution in [2.45, 2.75) is 25.7 Å². The normalized spacial score (nSPS) is 24.0. The summed E-state index contributed by atoms with van der Waals surface area (Å²) >= 11 is 0. The number of phosphoric ester groups is 2. The van der Waals surface area contributed by atoms with E-state index in [9.17, 15) is 18.7 Å². The van der Waals surface area contributed by atoms with Gasteiger partial charge in [-0.3, -0.25) is 29.2 Å². The van der Waals surface area contributed by atoms with Crippen molar-refractivity contribution in [1.29, 1.82) is 0 Å². The predicted molar refractivity (Wildman–Crippen MR) is 61.7 cm³/mol. The predicted octanol–water partition coefficient (Wildman–Crippen LogP) is 0.0646. The third-order valence-corrected chi connectivity index (χ3v) is 3.62. The van der Waals surface area contributed by atoms with Gasteiger partial charge in [-0.25, -0.2) is 9.13 Å². The molecular formula is C8H14O10P2. The summed E-state index contributed by atoms with van der Waals surface area (Å²) < 4.78 is 29.0. The maximum absolute atomic E-state index is 11.6. The van der Waals surface area contributed by atoms with Gasteiger partial charge in [0.15, 0.2) is 0 Å². The van der Waals surface area contributed by atoms with Crippen LogP contribution in [0.5, 0.6) is 0 Å². The fourth-order valence-corrected chi connectivity index (χ4v) is 2.80. The highest BCUT2D eigenvalue weighted by atomic mass is 31.2. The van der Waals surface area contributed by atoms with Gasteiger partial charge in [-0.1, -0.05) is 12.8 Å². The molecule has 0 heterocycles. The van der Waals surface area contributed by atoms with Crippen LogP contribution in [0.3, 0.4) is 0 Å². The zero-order valence-electron chi connectivity index (χ0n) is 10.1. The Morgan fingerprint density at radius 1 is 0.800 bits per heavy atom. The van der Waals surface area contributed by atoms with Crippen molar-refractivity contribution in [2.75, 3.05) is 0 Å². The second-order valence-electron chi connectivity index (χ2n) is 4.30. The Kier molecular flexibility index (Phi) is 5.48. The minimum Gasteiger partial charge on any atom is -0.370 e. The highest BCUT2D eigenvalue weighted by Crippen LogP contribution is 2.43. The summed E-state index contributed by atoms with van der Waals surface area (Å²) in [7, 11) is -10.1. The van der Waals surface area contributed by atoms with Gasteiger partial charge in [0.25, 0.3) is 0 Å². The summed E-state index contributed by atoms with van der Waals surface area (Å²) in [5.74, 6) is -4.97. The molecule has 1 saturated carbocycles. The Labute approximate surface area is 113 Å². The number of rotatable bonds is 4. The van der Waals surface area contributed by atoms with Gasteiger partial charge < -0.3 is 9.05 Å². The second kappa shape index (κ2) is 6.34. The lowest BCUT2D eigenvalue weighted by Gasteiger charge is -2.28. The molecule has 0 aromatic carbocycles. The summed E-state index contributed by atoms with van der Waals surface area (Å²) in [6.45, 7) is 0. The van der Waals surface area contributed by atoms with Crippen LogP contribution in [0.2, 0.25) is 0 Å². The third kappa shape index (κ3) is 5.70. The molecule has 0 saturated heterocycles. The average molecular weight is 332 g/mol. The Bertz CT molecular complexity index is 432. The van der Waals surface area contributed by atoms with E-state index < -0.39 is 39.4 Å². The van der Waals surface area contributed by atoms with Crippen LogP contribution in [0, 0.1) is 11.8 Å². The van der Waals surface area contributed by atoms with Crippen LogP contribution >= 0.6 is 15.6 Å². The molecular weight excluding hydrogens is 318 g/mol. The quantitative estimate of drug-likeness (QED) is 0.517. The van der Waals surface area contributed by atoms with Gasteiger partial charge in [0, 0.05) is 0 Å². The molecule has 2 atom stereocenters. The molecule has 2 unspecified atom stereocenters. The molecule has 0 aliphatic heterocycles. The smallest absolute Gasteiger partial charge is 0.370 e. The molecule has 20 heavy (non-hydrogen) atoms. The Balaban J connectivity index is 2.81. The molecule has 1 fully saturated rings. The molecule has 1 rings (SSSR count). The largest absolute Gasteiger partial charge is 0.526 e. The molecule has 0 amide bonds. The molecule has 0 aromatic rings. The van der Waals surface area contributed by atoms with Crippen LogP contribution in [0.15, 0.2) is 0 Å². The van der Waals surface area contributed by atoms with Gasteiger partial charge in [-0.15, -0.1) is 0 Å². The van der Waals surface area contributed by atoms with Crippen LogP contribution in [0.4, 0.5) is 0 Å². The lowest BCUT2D eigenvalue weighted by Crippen LogP contribution is -2.34. The lowest BCUT2D eigenvalue weighted by atomic mass is 9.79. The molecule has 1 aliphatic rings. The summed E-state index contributed by atoms with van der Waals surface area (Å²) in [5.41, 5.74) is 0. The number of carbonyl (C=O) groups excluding carboxylic acids is 2. The van der Waals surface area contributed by atoms with Crippen molar-refractivity contribution in [1.82, 2.24) is 0 Å². The van der Waals surface area contributed by atoms with Gasteiger partial charge in [-0.05, 0) is 12.8 Å². The maximum Gasteiger partial charge on any atom is 0.526 e. The van der Waals surface area contributed by atoms with Crippen molar-refractivity contribution in [3.05, 3.63) is 0 Å². The fraction of sp³-hybridized carbons (Fsp3) is 0.750. The fourth-order valence-electron chi connectivity index (χ4n) is 2.06. The Morgan fingerprint density at radius 2 is 1.10 bits per heavy atom. The van der Waals surface area contributed by atoms with Gasteiger partial charge in [0.2, 0.25) is 0 Å². The topological polar surface area (TPSA) is 168 Å². The molecule has 0 aromatic heterocycles. The SMILES string of the molecule is O=C(OP(=O)(O)O)C1CCCCC1C(=O)OP(=O)(O)O. The van der Waals surface area contributed by atoms with Crippen molar-refractivity contribution >= 4 is 27.6 Å². The van der Waals surface area contributed by atoms with E-state index >= 15 is 0 Å². The van der Waals surface area contributed by atoms with Gasteiger partial charge in [-0.2, -0.15) is 0 Å². The minimum absolute atomic E-state index is 0.111. The first kappa shape index (κ1) is 17.3. The number of hydrogen-bond donors (Lipinski definition) is 4. The monoisotopic (exact) mass is 332 g/mol. The van der Waals surface area contributed by atoms with Crippen molar-refractivity contribution in [2.24, 2.45) is 11.8 Å². The average Bonchev–Trinajstić information content (AvgIpc) is 2.24. The second-order valence-corrected chi connectivity index (χ2v) is 6.63. The van der Waals surface area contributed by atoms with E-state index in [4.69, 9.17) is 19.6 Å². The van der Waals surface area contributed by atoms with E-state index in [1.165, 1.54) is 0 Å². The highest BCUT2D eigenvalue weighted by Gasteiger charge is 2.41. The minimum atomic E-state index is -5.04. The van der Waals surface area contributed by atoms with Crippen molar-refractivity contribution < 1.29 is 47.3 Å². The van der Waals surface area contributed by atoms with Crippen LogP contribution in [-0.4, -0.2) is 31.5 Å². The van der Waals surface area contributed by atoms with Crippen molar-refractivity contribution in [3.8, 4) is 0 Å². The number of carbonyl (C=O) groups is 2. The first-order valence-electron chi connectivity index (χ1n) is 5.57. The van der Waals surface area contributed by atoms with Crippen LogP contribution in [0.25, 0.3) is 0 Å². The molecule has 0 bridgehead atoms. The summed E-state index contributed by atoms with van der Waals surface area (Å²) in [6.07, 6.45) is 1.25. The van der Waals surface area contributed by atoms with E-state index in [2.05, 4.69) is 9.05 Å². The lowest BCUT2D eigenvalue weighted by molar-refractivity contribution is -0.154. The van der Waals surface area contributed by atoms with Gasteiger partial charge in [0.05, 0.1) is 11.8 Å². The first-order valence-corrected chi connectivity index (χ1v) is 8.63. The maximum atomic E-state index is 11.6. The summed E-state index contributed by atoms with van der Waals surface area (Å²) in [4.78, 5) is 57.4. The Morgan fingerprint density at radius 3 is 1.35 bits per heavy atom. The molecule has 10 nitrogen and oxygen atoms in total. The van der Waals surface area contributed by atoms with E-state index in [1.807, 2.05) is 0 Å². The molecule has 116 valence electrons. The summed E-state index contributed by atoms with van der Waals surface area (Å²) in [5, 5.41) is 0. The van der Waals surface area contributed by atoms with Gasteiger partial charge in [0.1, 0.15) is 0 Å². The van der Waals surface area contributed by atoms with E-state index in [0.29, 0.717) is 12.8 Å². The van der Waals surface area contributed by atoms with Crippen LogP contribution in [-0.2, 0) is 27.8 Å². The molecule has 1 aliphatic carbocycles. The van der Waals surface area contributed by atoms with Crippen molar-refractivity contribution in [3.63, 3.8) is 0 Å².